The minimum atomic E-state index is -2.45. The molecule has 5 nitrogen and oxygen atoms in total. The molecule has 128 valence electrons. The standard InChI is InChI=1S/C17H14F2N4OS/c18-17(19)25-12-7-5-11(6-8-12)21-14-4-2-1-3-13(14)16(24)22-15-9-10-20-23-15/h1-10,17,21H,(H2,20,22,23,24). The third kappa shape index (κ3) is 4.57. The van der Waals surface area contributed by atoms with Gasteiger partial charge >= 0.3 is 0 Å². The SMILES string of the molecule is O=C(Nc1ccn[nH]1)c1ccccc1Nc1ccc(SC(F)F)cc1. The van der Waals surface area contributed by atoms with Crippen LogP contribution in [0, 0.1) is 0 Å². The minimum absolute atomic E-state index is 0.294. The summed E-state index contributed by atoms with van der Waals surface area (Å²) in [6, 6.07) is 15.2. The van der Waals surface area contributed by atoms with Crippen LogP contribution in [0.25, 0.3) is 0 Å². The first-order valence-corrected chi connectivity index (χ1v) is 8.21. The van der Waals surface area contributed by atoms with Gasteiger partial charge in [0.15, 0.2) is 0 Å². The van der Waals surface area contributed by atoms with E-state index in [0.29, 0.717) is 39.4 Å². The van der Waals surface area contributed by atoms with Crippen molar-refractivity contribution in [2.45, 2.75) is 10.7 Å². The van der Waals surface area contributed by atoms with E-state index in [2.05, 4.69) is 20.8 Å². The Morgan fingerprint density at radius 2 is 1.84 bits per heavy atom. The van der Waals surface area contributed by atoms with E-state index in [-0.39, 0.29) is 5.91 Å². The first-order valence-electron chi connectivity index (χ1n) is 7.33. The average Bonchev–Trinajstić information content (AvgIpc) is 3.09. The number of benzene rings is 2. The van der Waals surface area contributed by atoms with Gasteiger partial charge in [-0.3, -0.25) is 9.89 Å². The van der Waals surface area contributed by atoms with Crippen molar-refractivity contribution >= 4 is 34.9 Å². The van der Waals surface area contributed by atoms with Gasteiger partial charge in [-0.15, -0.1) is 0 Å². The maximum absolute atomic E-state index is 12.4. The fourth-order valence-corrected chi connectivity index (χ4v) is 2.68. The number of nitrogens with zero attached hydrogens (tertiary/aromatic N) is 1. The molecule has 3 N–H and O–H groups in total. The lowest BCUT2D eigenvalue weighted by atomic mass is 10.1. The molecule has 8 heteroatoms. The smallest absolute Gasteiger partial charge is 0.288 e. The number of alkyl halides is 2. The number of amides is 1. The summed E-state index contributed by atoms with van der Waals surface area (Å²) in [4.78, 5) is 12.9. The van der Waals surface area contributed by atoms with E-state index in [1.807, 2.05) is 0 Å². The van der Waals surface area contributed by atoms with Gasteiger partial charge in [0.1, 0.15) is 5.82 Å². The van der Waals surface area contributed by atoms with Crippen molar-refractivity contribution in [1.82, 2.24) is 10.2 Å². The van der Waals surface area contributed by atoms with Crippen LogP contribution in [0.4, 0.5) is 26.0 Å². The maximum Gasteiger partial charge on any atom is 0.288 e. The van der Waals surface area contributed by atoms with Crippen LogP contribution in [0.15, 0.2) is 65.7 Å². The highest BCUT2D eigenvalue weighted by Crippen LogP contribution is 2.28. The Bertz CT molecular complexity index is 838. The van der Waals surface area contributed by atoms with E-state index in [1.165, 1.54) is 0 Å². The molecule has 0 aliphatic heterocycles. The van der Waals surface area contributed by atoms with E-state index in [9.17, 15) is 13.6 Å². The van der Waals surface area contributed by atoms with E-state index in [1.54, 1.807) is 60.8 Å². The molecule has 1 amide bonds. The molecule has 3 aromatic rings. The fraction of sp³-hybridized carbons (Fsp3) is 0.0588. The lowest BCUT2D eigenvalue weighted by molar-refractivity contribution is 0.102. The zero-order valence-electron chi connectivity index (χ0n) is 12.9. The van der Waals surface area contributed by atoms with Crippen LogP contribution in [-0.4, -0.2) is 21.9 Å². The summed E-state index contributed by atoms with van der Waals surface area (Å²) in [5.74, 6) is -2.25. The lowest BCUT2D eigenvalue weighted by Gasteiger charge is -2.12. The van der Waals surface area contributed by atoms with E-state index < -0.39 is 5.76 Å². The number of thioether (sulfide) groups is 1. The normalized spacial score (nSPS) is 10.7. The number of carbonyl (C=O) groups excluding carboxylic acids is 1. The minimum Gasteiger partial charge on any atom is -0.355 e. The van der Waals surface area contributed by atoms with E-state index >= 15 is 0 Å². The first-order chi connectivity index (χ1) is 12.1. The number of aromatic amines is 1. The van der Waals surface area contributed by atoms with Crippen molar-refractivity contribution in [3.8, 4) is 0 Å². The van der Waals surface area contributed by atoms with Crippen LogP contribution in [0.3, 0.4) is 0 Å². The van der Waals surface area contributed by atoms with Crippen LogP contribution in [0.5, 0.6) is 0 Å². The summed E-state index contributed by atoms with van der Waals surface area (Å²) >= 11 is 0.489. The van der Waals surface area contributed by atoms with E-state index in [0.717, 1.165) is 0 Å². The molecule has 0 aliphatic carbocycles. The topological polar surface area (TPSA) is 69.8 Å². The molecule has 3 rings (SSSR count). The zero-order valence-corrected chi connectivity index (χ0v) is 13.7. The summed E-state index contributed by atoms with van der Waals surface area (Å²) in [6.45, 7) is 0. The van der Waals surface area contributed by atoms with Crippen molar-refractivity contribution in [2.24, 2.45) is 0 Å². The van der Waals surface area contributed by atoms with Gasteiger partial charge in [0.25, 0.3) is 11.7 Å². The van der Waals surface area contributed by atoms with E-state index in [4.69, 9.17) is 0 Å². The van der Waals surface area contributed by atoms with Crippen LogP contribution in [-0.2, 0) is 0 Å². The zero-order chi connectivity index (χ0) is 17.6. The molecule has 0 atom stereocenters. The number of H-pyrrole nitrogens is 1. The van der Waals surface area contributed by atoms with Gasteiger partial charge in [-0.2, -0.15) is 13.9 Å². The molecular formula is C17H14F2N4OS. The molecular weight excluding hydrogens is 346 g/mol. The largest absolute Gasteiger partial charge is 0.355 e. The summed E-state index contributed by atoms with van der Waals surface area (Å²) in [6.07, 6.45) is 1.54. The Hall–Kier alpha value is -2.87. The quantitative estimate of drug-likeness (QED) is 0.556. The Labute approximate surface area is 146 Å². The highest BCUT2D eigenvalue weighted by atomic mass is 32.2. The number of hydrogen-bond donors (Lipinski definition) is 3. The molecule has 1 aromatic heterocycles. The first kappa shape index (κ1) is 17.0. The number of hydrogen-bond acceptors (Lipinski definition) is 4. The molecule has 25 heavy (non-hydrogen) atoms. The molecule has 1 heterocycles. The number of anilines is 3. The molecule has 0 radical (unpaired) electrons. The third-order valence-corrected chi connectivity index (χ3v) is 4.00. The van der Waals surface area contributed by atoms with Gasteiger partial charge in [0.05, 0.1) is 17.4 Å². The fourth-order valence-electron chi connectivity index (χ4n) is 2.18. The second-order valence-corrected chi connectivity index (χ2v) is 6.06. The van der Waals surface area contributed by atoms with Gasteiger partial charge in [0, 0.05) is 16.6 Å². The summed E-state index contributed by atoms with van der Waals surface area (Å²) in [5.41, 5.74) is 1.75. The van der Waals surface area contributed by atoms with Crippen molar-refractivity contribution < 1.29 is 13.6 Å². The van der Waals surface area contributed by atoms with Gasteiger partial charge < -0.3 is 10.6 Å². The Morgan fingerprint density at radius 3 is 2.52 bits per heavy atom. The number of halogens is 2. The number of aromatic nitrogens is 2. The number of carbonyl (C=O) groups is 1. The van der Waals surface area contributed by atoms with Crippen molar-refractivity contribution in [1.29, 1.82) is 0 Å². The van der Waals surface area contributed by atoms with Gasteiger partial charge in [0.2, 0.25) is 0 Å². The number of rotatable bonds is 6. The van der Waals surface area contributed by atoms with Crippen LogP contribution in [0.1, 0.15) is 10.4 Å². The summed E-state index contributed by atoms with van der Waals surface area (Å²) in [7, 11) is 0. The Balaban J connectivity index is 1.75. The van der Waals surface area contributed by atoms with Crippen molar-refractivity contribution in [2.75, 3.05) is 10.6 Å². The highest BCUT2D eigenvalue weighted by molar-refractivity contribution is 7.99. The lowest BCUT2D eigenvalue weighted by Crippen LogP contribution is -2.14. The van der Waals surface area contributed by atoms with Crippen LogP contribution < -0.4 is 10.6 Å². The molecule has 2 aromatic carbocycles. The molecule has 0 unspecified atom stereocenters. The van der Waals surface area contributed by atoms with Crippen molar-refractivity contribution in [3.63, 3.8) is 0 Å². The molecule has 0 spiro atoms. The molecule has 0 aliphatic rings. The Kier molecular flexibility index (Phi) is 5.30. The monoisotopic (exact) mass is 360 g/mol. The van der Waals surface area contributed by atoms with Gasteiger partial charge in [-0.1, -0.05) is 23.9 Å². The van der Waals surface area contributed by atoms with Crippen molar-refractivity contribution in [3.05, 3.63) is 66.4 Å². The number of para-hydroxylation sites is 1. The molecule has 0 saturated heterocycles. The molecule has 0 saturated carbocycles. The molecule has 0 fully saturated rings. The second kappa shape index (κ2) is 7.80. The second-order valence-electron chi connectivity index (χ2n) is 5.00. The van der Waals surface area contributed by atoms with Crippen LogP contribution >= 0.6 is 11.8 Å². The third-order valence-electron chi connectivity index (χ3n) is 3.28. The van der Waals surface area contributed by atoms with Crippen LogP contribution in [0.2, 0.25) is 0 Å². The summed E-state index contributed by atoms with van der Waals surface area (Å²) in [5, 5.41) is 12.3. The highest BCUT2D eigenvalue weighted by Gasteiger charge is 2.12. The predicted octanol–water partition coefficient (Wildman–Crippen LogP) is 4.72. The Morgan fingerprint density at radius 1 is 1.08 bits per heavy atom. The predicted molar refractivity (Wildman–Crippen MR) is 94.6 cm³/mol. The average molecular weight is 360 g/mol. The molecule has 0 bridgehead atoms. The maximum atomic E-state index is 12.4. The number of nitrogens with one attached hydrogen (secondary N) is 3. The van der Waals surface area contributed by atoms with Gasteiger partial charge in [-0.05, 0) is 36.4 Å². The van der Waals surface area contributed by atoms with Gasteiger partial charge in [-0.25, -0.2) is 0 Å². The summed E-state index contributed by atoms with van der Waals surface area (Å²) < 4.78 is 24.7.